The fourth-order valence-electron chi connectivity index (χ4n) is 13.1. The summed E-state index contributed by atoms with van der Waals surface area (Å²) in [4.78, 5) is 122. The number of phenols is 2. The maximum Gasteiger partial charge on any atom is 0.410 e. The fraction of sp³-hybridized carbons (Fsp3) is 0.494. The third-order valence-corrected chi connectivity index (χ3v) is 19.1. The standard InChI is InChI=1S/C56H88N8O8.C21H11NO5S/c1-11-40(2)50(67)58-46(28-19-33-57)52(69)63-34-20-26-44(63)38-61(36-31-42-22-14-12-15-23-42)47(65)29-18-30-48(66)62(37-32-43-24-16-13-17-25-43)39-45-27-21-35-64(45)53(70)49(55(4,5)6)59-51(68)41(3)60(10)54(71)72-56(7,8)9;23-12-2-5-16-18(8-12)26-19-9-13(24)3-6-17(19)21(16)15-4-1-11(22-10-28)7-14(15)20(25)27-21/h12-17,22-25,40-41,44-46,49H,11,18-21,26-39,57H2,1-10H3,(H,58,67)(H,59,68);1-9,23-24H/t40-,41+,44+,45+,46+,49-;/m1./s1. The van der Waals surface area contributed by atoms with Crippen molar-refractivity contribution in [1.82, 2.24) is 35.1 Å². The molecule has 23 heteroatoms. The van der Waals surface area contributed by atoms with Crippen molar-refractivity contribution >= 4 is 70.6 Å². The summed E-state index contributed by atoms with van der Waals surface area (Å²) in [7, 11) is 1.50. The highest BCUT2D eigenvalue weighted by Gasteiger charge is 2.54. The number of hydrogen-bond donors (Lipinski definition) is 5. The summed E-state index contributed by atoms with van der Waals surface area (Å²) >= 11 is 4.64. The van der Waals surface area contributed by atoms with Crippen LogP contribution in [-0.4, -0.2) is 176 Å². The number of aromatic hydroxyl groups is 2. The predicted octanol–water partition coefficient (Wildman–Crippen LogP) is 10.7. The van der Waals surface area contributed by atoms with Gasteiger partial charge in [-0.1, -0.05) is 101 Å². The second-order valence-electron chi connectivity index (χ2n) is 28.5. The molecular weight excluding hydrogens is 1290 g/mol. The van der Waals surface area contributed by atoms with Crippen molar-refractivity contribution in [3.8, 4) is 23.0 Å². The van der Waals surface area contributed by atoms with Gasteiger partial charge in [0.15, 0.2) is 5.60 Å². The van der Waals surface area contributed by atoms with Crippen molar-refractivity contribution in [2.24, 2.45) is 22.1 Å². The highest BCUT2D eigenvalue weighted by Crippen LogP contribution is 2.57. The van der Waals surface area contributed by atoms with E-state index in [2.05, 4.69) is 33.0 Å². The molecule has 536 valence electrons. The van der Waals surface area contributed by atoms with Crippen LogP contribution >= 0.6 is 12.2 Å². The van der Waals surface area contributed by atoms with Gasteiger partial charge in [0.2, 0.25) is 35.4 Å². The van der Waals surface area contributed by atoms with Crippen LogP contribution in [0.15, 0.2) is 120 Å². The van der Waals surface area contributed by atoms with Crippen molar-refractivity contribution in [1.29, 1.82) is 0 Å². The van der Waals surface area contributed by atoms with Gasteiger partial charge in [0.05, 0.1) is 16.4 Å². The molecule has 2 fully saturated rings. The average molecular weight is 1390 g/mol. The van der Waals surface area contributed by atoms with Crippen LogP contribution in [0.3, 0.4) is 0 Å². The molecule has 4 aliphatic rings. The number of carbonyl (C=O) groups excluding carboxylic acids is 8. The maximum atomic E-state index is 14.6. The van der Waals surface area contributed by atoms with Crippen molar-refractivity contribution in [3.63, 3.8) is 0 Å². The molecule has 2 saturated heterocycles. The number of likely N-dealkylation sites (tertiary alicyclic amines) is 2. The van der Waals surface area contributed by atoms with E-state index in [9.17, 15) is 48.6 Å². The molecule has 7 amide bonds. The number of likely N-dealkylation sites (N-methyl/N-ethyl adjacent to an activating group) is 1. The number of thiocarbonyl (C=S) groups is 1. The van der Waals surface area contributed by atoms with Gasteiger partial charge in [-0.05, 0) is 164 Å². The van der Waals surface area contributed by atoms with Crippen LogP contribution in [0.4, 0.5) is 10.5 Å². The van der Waals surface area contributed by atoms with Gasteiger partial charge < -0.3 is 60.4 Å². The summed E-state index contributed by atoms with van der Waals surface area (Å²) in [5.41, 5.74) is 7.91. The number of nitrogens with two attached hydrogens (primary N) is 1. The monoisotopic (exact) mass is 1390 g/mol. The molecule has 0 radical (unpaired) electrons. The number of rotatable bonds is 26. The lowest BCUT2D eigenvalue weighted by atomic mass is 9.77. The Morgan fingerprint density at radius 3 is 1.73 bits per heavy atom. The van der Waals surface area contributed by atoms with E-state index in [0.29, 0.717) is 130 Å². The number of nitrogens with one attached hydrogen (secondary N) is 2. The minimum absolute atomic E-state index is 0.00715. The molecule has 4 aliphatic heterocycles. The van der Waals surface area contributed by atoms with Gasteiger partial charge in [0.25, 0.3) is 0 Å². The van der Waals surface area contributed by atoms with Gasteiger partial charge in [-0.2, -0.15) is 4.99 Å². The van der Waals surface area contributed by atoms with Gasteiger partial charge in [0.1, 0.15) is 46.7 Å². The zero-order valence-electron chi connectivity index (χ0n) is 59.4. The number of hydrogen-bond acceptors (Lipinski definition) is 16. The van der Waals surface area contributed by atoms with E-state index in [1.807, 2.05) is 110 Å². The molecule has 0 aliphatic carbocycles. The minimum Gasteiger partial charge on any atom is -0.508 e. The molecule has 22 nitrogen and oxygen atoms in total. The van der Waals surface area contributed by atoms with E-state index in [1.165, 1.54) is 36.2 Å². The molecule has 5 aromatic carbocycles. The number of amides is 7. The molecule has 6 atom stereocenters. The lowest BCUT2D eigenvalue weighted by Crippen LogP contribution is -2.59. The Morgan fingerprint density at radius 2 is 1.24 bits per heavy atom. The molecular formula is C77H99N9O13S. The smallest absolute Gasteiger partial charge is 0.410 e. The van der Waals surface area contributed by atoms with Crippen molar-refractivity contribution in [2.75, 3.05) is 52.9 Å². The van der Waals surface area contributed by atoms with Gasteiger partial charge in [-0.3, -0.25) is 33.7 Å². The minimum atomic E-state index is -1.27. The fourth-order valence-corrected chi connectivity index (χ4v) is 13.2. The second kappa shape index (κ2) is 34.3. The third-order valence-electron chi connectivity index (χ3n) is 19.0. The topological polar surface area (TPSA) is 283 Å². The molecule has 9 rings (SSSR count). The Balaban J connectivity index is 0.000000371. The van der Waals surface area contributed by atoms with E-state index in [0.717, 1.165) is 30.4 Å². The number of isothiocyanates is 1. The molecule has 0 bridgehead atoms. The molecule has 0 saturated carbocycles. The van der Waals surface area contributed by atoms with Crippen molar-refractivity contribution in [3.05, 3.63) is 149 Å². The van der Waals surface area contributed by atoms with E-state index in [-0.39, 0.29) is 71.9 Å². The molecule has 4 heterocycles. The first-order valence-electron chi connectivity index (χ1n) is 34.9. The number of benzene rings is 5. The second-order valence-corrected chi connectivity index (χ2v) is 28.7. The zero-order chi connectivity index (χ0) is 72.6. The molecule has 0 unspecified atom stereocenters. The Hall–Kier alpha value is -9.18. The van der Waals surface area contributed by atoms with Gasteiger partial charge in [-0.15, -0.1) is 0 Å². The van der Waals surface area contributed by atoms with Crippen LogP contribution in [0.25, 0.3) is 0 Å². The Bertz CT molecular complexity index is 3730. The van der Waals surface area contributed by atoms with Gasteiger partial charge in [-0.25, -0.2) is 9.59 Å². The van der Waals surface area contributed by atoms with Crippen molar-refractivity contribution < 1.29 is 62.8 Å². The van der Waals surface area contributed by atoms with Crippen LogP contribution in [-0.2, 0) is 56.7 Å². The maximum absolute atomic E-state index is 14.6. The van der Waals surface area contributed by atoms with Crippen LogP contribution in [0, 0.1) is 11.3 Å². The number of phenolic OH excluding ortho intramolecular Hbond substituents is 2. The third kappa shape index (κ3) is 19.2. The van der Waals surface area contributed by atoms with Crippen LogP contribution in [0.1, 0.15) is 165 Å². The Kier molecular flexibility index (Phi) is 26.2. The zero-order valence-corrected chi connectivity index (χ0v) is 60.2. The lowest BCUT2D eigenvalue weighted by molar-refractivity contribution is -0.142. The van der Waals surface area contributed by atoms with Crippen LogP contribution in [0.5, 0.6) is 23.0 Å². The van der Waals surface area contributed by atoms with E-state index < -0.39 is 52.7 Å². The van der Waals surface area contributed by atoms with E-state index in [1.54, 1.807) is 62.9 Å². The summed E-state index contributed by atoms with van der Waals surface area (Å²) in [5, 5.41) is 28.0. The predicted molar refractivity (Wildman–Crippen MR) is 384 cm³/mol. The number of aliphatic imine (C=N–C) groups is 1. The van der Waals surface area contributed by atoms with Crippen LogP contribution < -0.4 is 21.1 Å². The largest absolute Gasteiger partial charge is 0.508 e. The number of ether oxygens (including phenoxy) is 3. The summed E-state index contributed by atoms with van der Waals surface area (Å²) in [6, 6.07) is 31.2. The average Bonchev–Trinajstić information content (AvgIpc) is 1.45. The SMILES string of the molecule is CC[C@@H](C)C(=O)N[C@@H](CCCN)C(=O)N1CCC[C@H]1CN(CCc1ccccc1)C(=O)CCCC(=O)N(CCc1ccccc1)C[C@@H]1CCCN1C(=O)[C@@H](NC(=O)[C@H](C)N(C)C(=O)OC(C)(C)C)C(C)(C)C.O=C1OC2(c3ccc(O)cc3Oc3cc(O)ccc32)c2ccc(N=C=S)cc21. The first kappa shape index (κ1) is 76.6. The Morgan fingerprint density at radius 1 is 0.720 bits per heavy atom. The van der Waals surface area contributed by atoms with Gasteiger partial charge >= 0.3 is 12.1 Å². The number of fused-ring (bicyclic) bond motifs is 6. The van der Waals surface area contributed by atoms with E-state index >= 15 is 0 Å². The number of nitrogens with zero attached hydrogens (tertiary/aromatic N) is 6. The quantitative estimate of drug-likeness (QED) is 0.0195. The first-order valence-corrected chi connectivity index (χ1v) is 35.3. The van der Waals surface area contributed by atoms with E-state index in [4.69, 9.17) is 19.9 Å². The highest BCUT2D eigenvalue weighted by atomic mass is 32.1. The molecule has 5 aromatic rings. The van der Waals surface area contributed by atoms with Gasteiger partial charge in [0, 0.05) is 106 Å². The summed E-state index contributed by atoms with van der Waals surface area (Å²) in [5.74, 6) is -1.28. The highest BCUT2D eigenvalue weighted by molar-refractivity contribution is 7.78. The molecule has 1 spiro atoms. The lowest BCUT2D eigenvalue weighted by Gasteiger charge is -2.38. The van der Waals surface area contributed by atoms with Crippen LogP contribution in [0.2, 0.25) is 0 Å². The Labute approximate surface area is 593 Å². The number of esters is 1. The molecule has 0 aromatic heterocycles. The summed E-state index contributed by atoms with van der Waals surface area (Å²) in [6.07, 6.45) is 5.79. The summed E-state index contributed by atoms with van der Waals surface area (Å²) in [6.45, 7) is 19.2. The normalized spacial score (nSPS) is 16.9. The summed E-state index contributed by atoms with van der Waals surface area (Å²) < 4.78 is 17.3. The van der Waals surface area contributed by atoms with Crippen molar-refractivity contribution in [2.45, 2.75) is 181 Å². The number of carbonyl (C=O) groups is 8. The molecule has 6 N–H and O–H groups in total. The molecule has 100 heavy (non-hydrogen) atoms. The first-order chi connectivity index (χ1) is 47.6.